The zero-order valence-electron chi connectivity index (χ0n) is 8.83. The summed E-state index contributed by atoms with van der Waals surface area (Å²) >= 11 is 0. The van der Waals surface area contributed by atoms with Crippen molar-refractivity contribution in [2.24, 2.45) is 0 Å². The molecule has 76 valence electrons. The van der Waals surface area contributed by atoms with Gasteiger partial charge in [-0.05, 0) is 13.3 Å². The van der Waals surface area contributed by atoms with Crippen LogP contribution < -0.4 is 18.1 Å². The van der Waals surface area contributed by atoms with Crippen LogP contribution in [0, 0.1) is 0 Å². The summed E-state index contributed by atoms with van der Waals surface area (Å²) in [4.78, 5) is 0. The fraction of sp³-hybridized carbons (Fsp3) is 1.00. The molecule has 3 N–H and O–H groups in total. The molecule has 0 saturated heterocycles. The normalized spacial score (nSPS) is 15.0. The summed E-state index contributed by atoms with van der Waals surface area (Å²) in [6.45, 7) is 6.77. The molecule has 0 fully saturated rings. The van der Waals surface area contributed by atoms with Gasteiger partial charge < -0.3 is 18.1 Å². The molecule has 0 bridgehead atoms. The first-order chi connectivity index (χ1) is 5.12. The lowest BCUT2D eigenvalue weighted by Gasteiger charge is -2.19. The molecule has 0 aliphatic carbocycles. The van der Waals surface area contributed by atoms with E-state index >= 15 is 0 Å². The van der Waals surface area contributed by atoms with Crippen molar-refractivity contribution in [3.63, 3.8) is 0 Å². The van der Waals surface area contributed by atoms with Gasteiger partial charge in [-0.15, -0.1) is 0 Å². The lowest BCUT2D eigenvalue weighted by atomic mass is 9.91. The third-order valence-corrected chi connectivity index (χ3v) is 2.24. The van der Waals surface area contributed by atoms with Crippen molar-refractivity contribution in [1.82, 2.24) is 0 Å². The first-order valence-electron chi connectivity index (χ1n) is 4.97. The highest BCUT2D eigenvalue weighted by atomic mass is 35.5. The summed E-state index contributed by atoms with van der Waals surface area (Å²) in [5, 5.41) is 0. The number of unbranched alkanes of at least 4 members (excludes halogenated alkanes) is 2. The molecule has 0 spiro atoms. The summed E-state index contributed by atoms with van der Waals surface area (Å²) in [7, 11) is 0. The van der Waals surface area contributed by atoms with E-state index in [1.165, 1.54) is 38.5 Å². The van der Waals surface area contributed by atoms with Gasteiger partial charge >= 0.3 is 0 Å². The van der Waals surface area contributed by atoms with Crippen LogP contribution in [0.2, 0.25) is 0 Å². The molecule has 0 aromatic rings. The van der Waals surface area contributed by atoms with E-state index in [-0.39, 0.29) is 12.4 Å². The summed E-state index contributed by atoms with van der Waals surface area (Å²) < 4.78 is 0. The van der Waals surface area contributed by atoms with Gasteiger partial charge in [-0.1, -0.05) is 33.1 Å². The van der Waals surface area contributed by atoms with Gasteiger partial charge in [0.05, 0.1) is 5.54 Å². The predicted molar refractivity (Wildman–Crippen MR) is 50.3 cm³/mol. The van der Waals surface area contributed by atoms with Crippen LogP contribution in [0.1, 0.15) is 59.3 Å². The molecule has 0 saturated carbocycles. The Balaban J connectivity index is 0. The van der Waals surface area contributed by atoms with E-state index in [0.29, 0.717) is 5.54 Å². The van der Waals surface area contributed by atoms with Crippen LogP contribution in [-0.4, -0.2) is 5.54 Å². The molecule has 1 nitrogen and oxygen atoms in total. The quantitative estimate of drug-likeness (QED) is 0.545. The van der Waals surface area contributed by atoms with Crippen LogP contribution in [0.3, 0.4) is 0 Å². The van der Waals surface area contributed by atoms with Crippen molar-refractivity contribution in [2.45, 2.75) is 64.8 Å². The average molecular weight is 194 g/mol. The number of hydrogen-bond donors (Lipinski definition) is 1. The van der Waals surface area contributed by atoms with Crippen LogP contribution in [0.25, 0.3) is 0 Å². The van der Waals surface area contributed by atoms with E-state index < -0.39 is 0 Å². The van der Waals surface area contributed by atoms with Crippen LogP contribution in [-0.2, 0) is 0 Å². The smallest absolute Gasteiger partial charge is 0.0917 e. The lowest BCUT2D eigenvalue weighted by Crippen LogP contribution is -3.00. The molecule has 0 aliphatic rings. The third-order valence-electron chi connectivity index (χ3n) is 2.24. The van der Waals surface area contributed by atoms with E-state index in [0.717, 1.165) is 0 Å². The molecule has 2 heteroatoms. The Morgan fingerprint density at radius 2 is 1.58 bits per heavy atom. The minimum absolute atomic E-state index is 0. The molecule has 0 radical (unpaired) electrons. The first-order valence-corrected chi connectivity index (χ1v) is 4.97. The Hall–Kier alpha value is 0.250. The van der Waals surface area contributed by atoms with Crippen molar-refractivity contribution < 1.29 is 18.1 Å². The largest absolute Gasteiger partial charge is 1.00 e. The van der Waals surface area contributed by atoms with Gasteiger partial charge in [0.25, 0.3) is 0 Å². The molecule has 12 heavy (non-hydrogen) atoms. The second-order valence-electron chi connectivity index (χ2n) is 4.02. The van der Waals surface area contributed by atoms with Crippen molar-refractivity contribution in [3.8, 4) is 0 Å². The molecule has 0 amide bonds. The maximum atomic E-state index is 4.23. The van der Waals surface area contributed by atoms with Crippen LogP contribution in [0.15, 0.2) is 0 Å². The standard InChI is InChI=1S/C10H23N.ClH/c1-4-6-7-9-10(3,11)8-5-2;/h4-9,11H2,1-3H3;1H. The van der Waals surface area contributed by atoms with E-state index in [1.54, 1.807) is 0 Å². The van der Waals surface area contributed by atoms with Gasteiger partial charge in [0.1, 0.15) is 0 Å². The molecule has 0 aliphatic heterocycles. The van der Waals surface area contributed by atoms with Crippen LogP contribution in [0.5, 0.6) is 0 Å². The van der Waals surface area contributed by atoms with Gasteiger partial charge in [0.15, 0.2) is 0 Å². The van der Waals surface area contributed by atoms with E-state index in [1.807, 2.05) is 0 Å². The Kier molecular flexibility index (Phi) is 9.69. The van der Waals surface area contributed by atoms with Crippen molar-refractivity contribution in [3.05, 3.63) is 0 Å². The van der Waals surface area contributed by atoms with E-state index in [9.17, 15) is 0 Å². The number of halogens is 1. The molecular formula is C10H24ClN. The summed E-state index contributed by atoms with van der Waals surface area (Å²) in [5.74, 6) is 0. The number of rotatable bonds is 6. The Bertz CT molecular complexity index is 91.8. The highest BCUT2D eigenvalue weighted by Crippen LogP contribution is 2.14. The van der Waals surface area contributed by atoms with Crippen molar-refractivity contribution in [2.75, 3.05) is 0 Å². The fourth-order valence-electron chi connectivity index (χ4n) is 1.53. The second kappa shape index (κ2) is 7.88. The van der Waals surface area contributed by atoms with E-state index in [2.05, 4.69) is 26.5 Å². The monoisotopic (exact) mass is 193 g/mol. The Morgan fingerprint density at radius 3 is 2.00 bits per heavy atom. The predicted octanol–water partition coefficient (Wildman–Crippen LogP) is -0.629. The summed E-state index contributed by atoms with van der Waals surface area (Å²) in [5.41, 5.74) is 4.58. The average Bonchev–Trinajstić information content (AvgIpc) is 1.87. The second-order valence-corrected chi connectivity index (χ2v) is 4.02. The van der Waals surface area contributed by atoms with Gasteiger partial charge in [-0.25, -0.2) is 0 Å². The zero-order valence-corrected chi connectivity index (χ0v) is 9.58. The SMILES string of the molecule is CCCCCC(C)([NH3+])CCC.[Cl-]. The van der Waals surface area contributed by atoms with E-state index in [4.69, 9.17) is 0 Å². The Morgan fingerprint density at radius 1 is 1.00 bits per heavy atom. The maximum Gasteiger partial charge on any atom is 0.0917 e. The zero-order chi connectivity index (χ0) is 8.74. The van der Waals surface area contributed by atoms with Gasteiger partial charge in [0, 0.05) is 12.8 Å². The Labute approximate surface area is 83.5 Å². The molecular weight excluding hydrogens is 170 g/mol. The van der Waals surface area contributed by atoms with Crippen LogP contribution in [0.4, 0.5) is 0 Å². The minimum atomic E-state index is 0. The molecule has 0 heterocycles. The van der Waals surface area contributed by atoms with Crippen LogP contribution >= 0.6 is 0 Å². The van der Waals surface area contributed by atoms with Gasteiger partial charge in [0.2, 0.25) is 0 Å². The highest BCUT2D eigenvalue weighted by Gasteiger charge is 2.19. The molecule has 0 aromatic heterocycles. The molecule has 1 atom stereocenters. The first kappa shape index (κ1) is 14.8. The maximum absolute atomic E-state index is 4.23. The van der Waals surface area contributed by atoms with Gasteiger partial charge in [-0.3, -0.25) is 0 Å². The molecule has 1 unspecified atom stereocenters. The van der Waals surface area contributed by atoms with Crippen molar-refractivity contribution in [1.29, 1.82) is 0 Å². The topological polar surface area (TPSA) is 27.6 Å². The minimum Gasteiger partial charge on any atom is -1.00 e. The molecule has 0 aromatic carbocycles. The highest BCUT2D eigenvalue weighted by molar-refractivity contribution is 4.69. The van der Waals surface area contributed by atoms with Crippen molar-refractivity contribution >= 4 is 0 Å². The number of hydrogen-bond acceptors (Lipinski definition) is 0. The fourth-order valence-corrected chi connectivity index (χ4v) is 1.53. The summed E-state index contributed by atoms with van der Waals surface area (Å²) in [6, 6.07) is 0. The molecule has 0 rings (SSSR count). The van der Waals surface area contributed by atoms with Gasteiger partial charge in [-0.2, -0.15) is 0 Å². The summed E-state index contributed by atoms with van der Waals surface area (Å²) in [6.07, 6.45) is 7.89. The third kappa shape index (κ3) is 8.35. The lowest BCUT2D eigenvalue weighted by molar-refractivity contribution is -0.475. The number of quaternary nitrogens is 1.